The maximum Gasteiger partial charge on any atom is 0.573 e. The molecule has 1 unspecified atom stereocenters. The first kappa shape index (κ1) is 12.2. The minimum Gasteiger partial charge on any atom is -0.405 e. The normalized spacial score (nSPS) is 24.9. The van der Waals surface area contributed by atoms with Gasteiger partial charge in [0, 0.05) is 12.1 Å². The van der Waals surface area contributed by atoms with E-state index in [1.165, 1.54) is 18.2 Å². The molecule has 0 bridgehead atoms. The van der Waals surface area contributed by atoms with Crippen LogP contribution in [0.1, 0.15) is 12.0 Å². The van der Waals surface area contributed by atoms with Crippen LogP contribution in [-0.4, -0.2) is 19.5 Å². The summed E-state index contributed by atoms with van der Waals surface area (Å²) < 4.78 is 54.7. The van der Waals surface area contributed by atoms with Gasteiger partial charge < -0.3 is 10.1 Å². The summed E-state index contributed by atoms with van der Waals surface area (Å²) in [7, 11) is 0. The molecule has 0 saturated carbocycles. The van der Waals surface area contributed by atoms with E-state index < -0.39 is 17.8 Å². The van der Waals surface area contributed by atoms with E-state index in [4.69, 9.17) is 0 Å². The summed E-state index contributed by atoms with van der Waals surface area (Å²) in [5.41, 5.74) is -1.84. The van der Waals surface area contributed by atoms with Gasteiger partial charge in [0.25, 0.3) is 0 Å². The monoisotopic (exact) mass is 249 g/mol. The first-order valence-electron chi connectivity index (χ1n) is 5.16. The number of ether oxygens (including phenoxy) is 1. The highest BCUT2D eigenvalue weighted by Gasteiger charge is 2.40. The molecule has 1 saturated heterocycles. The van der Waals surface area contributed by atoms with Gasteiger partial charge in [-0.1, -0.05) is 18.2 Å². The van der Waals surface area contributed by atoms with Crippen molar-refractivity contribution in [3.63, 3.8) is 0 Å². The maximum atomic E-state index is 14.4. The van der Waals surface area contributed by atoms with Crippen LogP contribution in [0.3, 0.4) is 0 Å². The molecule has 1 aliphatic rings. The summed E-state index contributed by atoms with van der Waals surface area (Å²) in [4.78, 5) is 0. The van der Waals surface area contributed by atoms with Crippen molar-refractivity contribution in [3.8, 4) is 5.75 Å². The van der Waals surface area contributed by atoms with Crippen LogP contribution in [0.25, 0.3) is 0 Å². The summed E-state index contributed by atoms with van der Waals surface area (Å²) in [5, 5.41) is 2.79. The van der Waals surface area contributed by atoms with Gasteiger partial charge in [-0.05, 0) is 19.0 Å². The van der Waals surface area contributed by atoms with Gasteiger partial charge in [0.05, 0.1) is 0 Å². The van der Waals surface area contributed by atoms with E-state index in [0.717, 1.165) is 6.07 Å². The van der Waals surface area contributed by atoms with Crippen molar-refractivity contribution in [3.05, 3.63) is 29.8 Å². The molecule has 0 amide bonds. The Bertz CT molecular complexity index is 399. The van der Waals surface area contributed by atoms with Crippen molar-refractivity contribution in [2.45, 2.75) is 18.5 Å². The first-order valence-corrected chi connectivity index (χ1v) is 5.16. The SMILES string of the molecule is FC(F)(F)Oc1ccccc1C1(F)CCNC1. The van der Waals surface area contributed by atoms with Crippen molar-refractivity contribution in [1.82, 2.24) is 5.32 Å². The smallest absolute Gasteiger partial charge is 0.405 e. The lowest BCUT2D eigenvalue weighted by Gasteiger charge is -2.22. The summed E-state index contributed by atoms with van der Waals surface area (Å²) in [6.45, 7) is 0.447. The summed E-state index contributed by atoms with van der Waals surface area (Å²) in [5.74, 6) is -0.466. The molecule has 6 heteroatoms. The predicted molar refractivity (Wildman–Crippen MR) is 53.4 cm³/mol. The zero-order chi connectivity index (χ0) is 12.5. The fourth-order valence-electron chi connectivity index (χ4n) is 1.94. The Hall–Kier alpha value is -1.30. The van der Waals surface area contributed by atoms with E-state index in [0.29, 0.717) is 6.54 Å². The van der Waals surface area contributed by atoms with Crippen LogP contribution < -0.4 is 10.1 Å². The Kier molecular flexibility index (Phi) is 2.99. The highest BCUT2D eigenvalue weighted by Crippen LogP contribution is 2.39. The molecule has 1 N–H and O–H groups in total. The molecule has 2 rings (SSSR count). The number of halogens is 4. The second-order valence-electron chi connectivity index (χ2n) is 3.94. The lowest BCUT2D eigenvalue weighted by molar-refractivity contribution is -0.275. The Morgan fingerprint density at radius 2 is 1.94 bits per heavy atom. The average Bonchev–Trinajstić information content (AvgIpc) is 2.64. The number of nitrogens with one attached hydrogen (secondary N) is 1. The molecule has 1 atom stereocenters. The second-order valence-corrected chi connectivity index (χ2v) is 3.94. The van der Waals surface area contributed by atoms with Crippen molar-refractivity contribution in [1.29, 1.82) is 0 Å². The standard InChI is InChI=1S/C11H11F4NO/c12-10(5-6-16-7-10)8-3-1-2-4-9(8)17-11(13,14)15/h1-4,16H,5-7H2. The number of para-hydroxylation sites is 1. The lowest BCUT2D eigenvalue weighted by Crippen LogP contribution is -2.26. The summed E-state index contributed by atoms with van der Waals surface area (Å²) >= 11 is 0. The van der Waals surface area contributed by atoms with Gasteiger partial charge in [-0.2, -0.15) is 0 Å². The Labute approximate surface area is 95.6 Å². The van der Waals surface area contributed by atoms with Gasteiger partial charge >= 0.3 is 6.36 Å². The minimum absolute atomic E-state index is 0.00519. The van der Waals surface area contributed by atoms with E-state index >= 15 is 0 Å². The average molecular weight is 249 g/mol. The molecular formula is C11H11F4NO. The lowest BCUT2D eigenvalue weighted by atomic mass is 9.94. The van der Waals surface area contributed by atoms with Crippen LogP contribution in [0.4, 0.5) is 17.6 Å². The topological polar surface area (TPSA) is 21.3 Å². The first-order chi connectivity index (χ1) is 7.91. The van der Waals surface area contributed by atoms with Gasteiger partial charge in [0.15, 0.2) is 5.67 Å². The molecular weight excluding hydrogens is 238 g/mol. The molecule has 1 aliphatic heterocycles. The molecule has 0 aromatic heterocycles. The van der Waals surface area contributed by atoms with Gasteiger partial charge in [0.1, 0.15) is 5.75 Å². The second kappa shape index (κ2) is 4.18. The Morgan fingerprint density at radius 3 is 2.53 bits per heavy atom. The van der Waals surface area contributed by atoms with Crippen LogP contribution in [0.2, 0.25) is 0 Å². The van der Waals surface area contributed by atoms with E-state index in [2.05, 4.69) is 10.1 Å². The molecule has 1 fully saturated rings. The van der Waals surface area contributed by atoms with E-state index in [1.54, 1.807) is 0 Å². The van der Waals surface area contributed by atoms with E-state index in [-0.39, 0.29) is 18.5 Å². The van der Waals surface area contributed by atoms with E-state index in [1.807, 2.05) is 0 Å². The largest absolute Gasteiger partial charge is 0.573 e. The minimum atomic E-state index is -4.81. The quantitative estimate of drug-likeness (QED) is 0.814. The molecule has 0 spiro atoms. The number of rotatable bonds is 2. The van der Waals surface area contributed by atoms with Crippen LogP contribution >= 0.6 is 0 Å². The molecule has 1 aromatic carbocycles. The van der Waals surface area contributed by atoms with Gasteiger partial charge in [0.2, 0.25) is 0 Å². The molecule has 2 nitrogen and oxygen atoms in total. The zero-order valence-electron chi connectivity index (χ0n) is 8.85. The van der Waals surface area contributed by atoms with Gasteiger partial charge in [-0.15, -0.1) is 13.2 Å². The number of alkyl halides is 4. The number of benzene rings is 1. The third kappa shape index (κ3) is 2.69. The molecule has 1 aromatic rings. The van der Waals surface area contributed by atoms with Crippen LogP contribution in [0, 0.1) is 0 Å². The molecule has 0 radical (unpaired) electrons. The molecule has 17 heavy (non-hydrogen) atoms. The van der Waals surface area contributed by atoms with Crippen LogP contribution in [0.15, 0.2) is 24.3 Å². The van der Waals surface area contributed by atoms with Gasteiger partial charge in [-0.25, -0.2) is 4.39 Å². The molecule has 1 heterocycles. The Balaban J connectivity index is 2.33. The predicted octanol–water partition coefficient (Wildman–Crippen LogP) is 2.74. The highest BCUT2D eigenvalue weighted by atomic mass is 19.4. The fraction of sp³-hybridized carbons (Fsp3) is 0.455. The van der Waals surface area contributed by atoms with Crippen molar-refractivity contribution in [2.24, 2.45) is 0 Å². The number of hydrogen-bond acceptors (Lipinski definition) is 2. The zero-order valence-corrected chi connectivity index (χ0v) is 8.85. The van der Waals surface area contributed by atoms with Crippen molar-refractivity contribution >= 4 is 0 Å². The van der Waals surface area contributed by atoms with Crippen LogP contribution in [-0.2, 0) is 5.67 Å². The van der Waals surface area contributed by atoms with Gasteiger partial charge in [-0.3, -0.25) is 0 Å². The molecule has 0 aliphatic carbocycles. The maximum absolute atomic E-state index is 14.4. The third-order valence-corrected chi connectivity index (χ3v) is 2.70. The fourth-order valence-corrected chi connectivity index (χ4v) is 1.94. The summed E-state index contributed by atoms with van der Waals surface area (Å²) in [6.07, 6.45) is -4.66. The number of hydrogen-bond donors (Lipinski definition) is 1. The highest BCUT2D eigenvalue weighted by molar-refractivity contribution is 5.39. The Morgan fingerprint density at radius 1 is 1.24 bits per heavy atom. The summed E-state index contributed by atoms with van der Waals surface area (Å²) in [6, 6.07) is 5.34. The van der Waals surface area contributed by atoms with Crippen molar-refractivity contribution < 1.29 is 22.3 Å². The van der Waals surface area contributed by atoms with E-state index in [9.17, 15) is 17.6 Å². The van der Waals surface area contributed by atoms with Crippen LogP contribution in [0.5, 0.6) is 5.75 Å². The molecule has 94 valence electrons. The van der Waals surface area contributed by atoms with Crippen molar-refractivity contribution in [2.75, 3.05) is 13.1 Å². The third-order valence-electron chi connectivity index (χ3n) is 2.70.